The van der Waals surface area contributed by atoms with E-state index in [1.807, 2.05) is 24.3 Å². The van der Waals surface area contributed by atoms with Crippen LogP contribution in [0.4, 0.5) is 0 Å². The van der Waals surface area contributed by atoms with Gasteiger partial charge in [0.15, 0.2) is 0 Å². The molecule has 1 fully saturated rings. The highest BCUT2D eigenvalue weighted by atomic mass is 16.5. The van der Waals surface area contributed by atoms with Gasteiger partial charge in [-0.2, -0.15) is 0 Å². The first-order chi connectivity index (χ1) is 13.7. The lowest BCUT2D eigenvalue weighted by Crippen LogP contribution is -2.33. The molecule has 0 radical (unpaired) electrons. The smallest absolute Gasteiger partial charge is 0.127 e. The van der Waals surface area contributed by atoms with Crippen molar-refractivity contribution in [3.05, 3.63) is 47.5 Å². The van der Waals surface area contributed by atoms with Crippen molar-refractivity contribution >= 4 is 0 Å². The molecule has 6 heteroatoms. The summed E-state index contributed by atoms with van der Waals surface area (Å²) in [5.41, 5.74) is 2.14. The van der Waals surface area contributed by atoms with Crippen LogP contribution in [0.5, 0.6) is 23.0 Å². The van der Waals surface area contributed by atoms with Gasteiger partial charge in [-0.15, -0.1) is 0 Å². The number of benzene rings is 2. The van der Waals surface area contributed by atoms with Crippen LogP contribution in [0.25, 0.3) is 0 Å². The Labute approximate surface area is 167 Å². The summed E-state index contributed by atoms with van der Waals surface area (Å²) in [4.78, 5) is 2.47. The SMILES string of the molecule is COc1ccc(C(c2cc(OC)ccc2OC)N2CCCNCC2)c(OC)c1. The molecule has 2 aromatic rings. The maximum absolute atomic E-state index is 5.75. The van der Waals surface area contributed by atoms with Crippen molar-refractivity contribution in [2.75, 3.05) is 54.6 Å². The van der Waals surface area contributed by atoms with E-state index in [1.165, 1.54) is 0 Å². The lowest BCUT2D eigenvalue weighted by atomic mass is 9.94. The molecule has 0 aliphatic carbocycles. The fourth-order valence-corrected chi connectivity index (χ4v) is 3.78. The molecular weight excluding hydrogens is 356 g/mol. The van der Waals surface area contributed by atoms with Crippen molar-refractivity contribution in [1.82, 2.24) is 10.2 Å². The zero-order valence-electron chi connectivity index (χ0n) is 17.2. The number of methoxy groups -OCH3 is 4. The second kappa shape index (κ2) is 9.66. The lowest BCUT2D eigenvalue weighted by molar-refractivity contribution is 0.231. The largest absolute Gasteiger partial charge is 0.497 e. The predicted octanol–water partition coefficient (Wildman–Crippen LogP) is 3.11. The molecule has 0 saturated carbocycles. The lowest BCUT2D eigenvalue weighted by Gasteiger charge is -2.33. The average Bonchev–Trinajstić information content (AvgIpc) is 3.03. The van der Waals surface area contributed by atoms with Gasteiger partial charge >= 0.3 is 0 Å². The van der Waals surface area contributed by atoms with Crippen molar-refractivity contribution < 1.29 is 18.9 Å². The topological polar surface area (TPSA) is 52.2 Å². The van der Waals surface area contributed by atoms with Gasteiger partial charge in [0, 0.05) is 36.8 Å². The van der Waals surface area contributed by atoms with Gasteiger partial charge < -0.3 is 24.3 Å². The van der Waals surface area contributed by atoms with E-state index >= 15 is 0 Å². The first-order valence-corrected chi connectivity index (χ1v) is 9.60. The second-order valence-corrected chi connectivity index (χ2v) is 6.76. The Bertz CT molecular complexity index is 773. The van der Waals surface area contributed by atoms with Crippen molar-refractivity contribution in [2.45, 2.75) is 12.5 Å². The van der Waals surface area contributed by atoms with Gasteiger partial charge in [-0.1, -0.05) is 0 Å². The molecular formula is C22H30N2O4. The molecule has 1 N–H and O–H groups in total. The number of rotatable bonds is 7. The van der Waals surface area contributed by atoms with Gasteiger partial charge in [0.05, 0.1) is 34.5 Å². The standard InChI is InChI=1S/C22H30N2O4/c1-25-16-7-9-20(27-3)19(14-16)22(24-12-5-10-23-11-13-24)18-8-6-17(26-2)15-21(18)28-4/h6-9,14-15,22-23H,5,10-13H2,1-4H3. The van der Waals surface area contributed by atoms with Gasteiger partial charge in [-0.3, -0.25) is 4.90 Å². The monoisotopic (exact) mass is 386 g/mol. The van der Waals surface area contributed by atoms with E-state index in [0.717, 1.165) is 66.7 Å². The number of hydrogen-bond acceptors (Lipinski definition) is 6. The minimum atomic E-state index is -0.0224. The van der Waals surface area contributed by atoms with Crippen LogP contribution < -0.4 is 24.3 Å². The third-order valence-corrected chi connectivity index (χ3v) is 5.21. The van der Waals surface area contributed by atoms with Crippen molar-refractivity contribution in [3.63, 3.8) is 0 Å². The van der Waals surface area contributed by atoms with E-state index in [0.29, 0.717) is 0 Å². The van der Waals surface area contributed by atoms with E-state index in [2.05, 4.69) is 22.3 Å². The van der Waals surface area contributed by atoms with E-state index in [1.54, 1.807) is 28.4 Å². The Morgan fingerprint density at radius 1 is 0.750 bits per heavy atom. The number of nitrogens with zero attached hydrogens (tertiary/aromatic N) is 1. The number of nitrogens with one attached hydrogen (secondary N) is 1. The third-order valence-electron chi connectivity index (χ3n) is 5.21. The summed E-state index contributed by atoms with van der Waals surface area (Å²) in [5, 5.41) is 3.48. The van der Waals surface area contributed by atoms with Crippen LogP contribution in [-0.2, 0) is 0 Å². The summed E-state index contributed by atoms with van der Waals surface area (Å²) >= 11 is 0. The fraction of sp³-hybridized carbons (Fsp3) is 0.455. The normalized spacial score (nSPS) is 16.1. The molecule has 1 aliphatic rings. The van der Waals surface area contributed by atoms with E-state index in [9.17, 15) is 0 Å². The van der Waals surface area contributed by atoms with Crippen LogP contribution in [0.15, 0.2) is 36.4 Å². The van der Waals surface area contributed by atoms with Crippen LogP contribution >= 0.6 is 0 Å². The van der Waals surface area contributed by atoms with Gasteiger partial charge in [-0.25, -0.2) is 0 Å². The van der Waals surface area contributed by atoms with Gasteiger partial charge in [0.1, 0.15) is 23.0 Å². The van der Waals surface area contributed by atoms with Crippen LogP contribution in [0.2, 0.25) is 0 Å². The Morgan fingerprint density at radius 2 is 1.46 bits per heavy atom. The molecule has 6 nitrogen and oxygen atoms in total. The van der Waals surface area contributed by atoms with E-state index < -0.39 is 0 Å². The zero-order chi connectivity index (χ0) is 19.9. The summed E-state index contributed by atoms with van der Waals surface area (Å²) in [5.74, 6) is 3.21. The van der Waals surface area contributed by atoms with Crippen molar-refractivity contribution in [2.24, 2.45) is 0 Å². The quantitative estimate of drug-likeness (QED) is 0.789. The number of ether oxygens (including phenoxy) is 4. The fourth-order valence-electron chi connectivity index (χ4n) is 3.78. The zero-order valence-corrected chi connectivity index (χ0v) is 17.2. The summed E-state index contributed by atoms with van der Waals surface area (Å²) < 4.78 is 22.4. The average molecular weight is 386 g/mol. The van der Waals surface area contributed by atoms with Crippen molar-refractivity contribution in [1.29, 1.82) is 0 Å². The third kappa shape index (κ3) is 4.34. The molecule has 1 unspecified atom stereocenters. The Kier molecular flexibility index (Phi) is 7.01. The molecule has 1 aliphatic heterocycles. The Hall–Kier alpha value is -2.44. The van der Waals surface area contributed by atoms with Gasteiger partial charge in [-0.05, 0) is 43.3 Å². The summed E-state index contributed by atoms with van der Waals surface area (Å²) in [6, 6.07) is 11.9. The molecule has 2 aromatic carbocycles. The van der Waals surface area contributed by atoms with Gasteiger partial charge in [0.2, 0.25) is 0 Å². The molecule has 1 atom stereocenters. The molecule has 28 heavy (non-hydrogen) atoms. The Morgan fingerprint density at radius 3 is 2.18 bits per heavy atom. The van der Waals surface area contributed by atoms with Crippen LogP contribution in [0, 0.1) is 0 Å². The molecule has 3 rings (SSSR count). The highest BCUT2D eigenvalue weighted by Crippen LogP contribution is 2.41. The summed E-state index contributed by atoms with van der Waals surface area (Å²) in [7, 11) is 6.75. The first-order valence-electron chi connectivity index (χ1n) is 9.60. The molecule has 1 heterocycles. The minimum absolute atomic E-state index is 0.0224. The summed E-state index contributed by atoms with van der Waals surface area (Å²) in [6.07, 6.45) is 1.08. The molecule has 0 spiro atoms. The highest BCUT2D eigenvalue weighted by Gasteiger charge is 2.29. The molecule has 1 saturated heterocycles. The Balaban J connectivity index is 2.16. The highest BCUT2D eigenvalue weighted by molar-refractivity contribution is 5.51. The number of hydrogen-bond donors (Lipinski definition) is 1. The predicted molar refractivity (Wildman–Crippen MR) is 110 cm³/mol. The molecule has 0 bridgehead atoms. The maximum atomic E-state index is 5.75. The minimum Gasteiger partial charge on any atom is -0.497 e. The molecule has 0 amide bonds. The van der Waals surface area contributed by atoms with Crippen LogP contribution in [-0.4, -0.2) is 59.5 Å². The second-order valence-electron chi connectivity index (χ2n) is 6.76. The summed E-state index contributed by atoms with van der Waals surface area (Å²) in [6.45, 7) is 3.88. The molecule has 0 aromatic heterocycles. The first kappa shape index (κ1) is 20.3. The van der Waals surface area contributed by atoms with Crippen LogP contribution in [0.3, 0.4) is 0 Å². The molecule has 152 valence electrons. The van der Waals surface area contributed by atoms with Crippen molar-refractivity contribution in [3.8, 4) is 23.0 Å². The van der Waals surface area contributed by atoms with E-state index in [4.69, 9.17) is 18.9 Å². The maximum Gasteiger partial charge on any atom is 0.127 e. The van der Waals surface area contributed by atoms with Crippen LogP contribution in [0.1, 0.15) is 23.6 Å². The van der Waals surface area contributed by atoms with Gasteiger partial charge in [0.25, 0.3) is 0 Å². The van der Waals surface area contributed by atoms with E-state index in [-0.39, 0.29) is 6.04 Å².